The molecule has 0 aliphatic heterocycles. The van der Waals surface area contributed by atoms with Crippen LogP contribution in [0.2, 0.25) is 0 Å². The van der Waals surface area contributed by atoms with Crippen molar-refractivity contribution in [2.45, 2.75) is 6.73 Å². The van der Waals surface area contributed by atoms with Crippen molar-refractivity contribution in [3.8, 4) is 0 Å². The standard InChI is InChI=1S/C7H9N5O2/c1-14-3-12-2-9-4-5(12)10-7(8)11-6(4)13/h2H,3H2,1H3,(H3,8,10,11,13). The summed E-state index contributed by atoms with van der Waals surface area (Å²) in [5, 5.41) is 0. The highest BCUT2D eigenvalue weighted by molar-refractivity contribution is 5.70. The first-order valence-electron chi connectivity index (χ1n) is 3.92. The molecule has 14 heavy (non-hydrogen) atoms. The van der Waals surface area contributed by atoms with Gasteiger partial charge in [0, 0.05) is 7.11 Å². The normalized spacial score (nSPS) is 10.9. The summed E-state index contributed by atoms with van der Waals surface area (Å²) >= 11 is 0. The van der Waals surface area contributed by atoms with E-state index in [1.807, 2.05) is 0 Å². The Morgan fingerprint density at radius 2 is 2.50 bits per heavy atom. The highest BCUT2D eigenvalue weighted by Crippen LogP contribution is 2.05. The molecule has 0 bridgehead atoms. The minimum atomic E-state index is -0.345. The summed E-state index contributed by atoms with van der Waals surface area (Å²) < 4.78 is 6.50. The van der Waals surface area contributed by atoms with Crippen molar-refractivity contribution in [2.75, 3.05) is 12.8 Å². The van der Waals surface area contributed by atoms with Crippen LogP contribution in [0, 0.1) is 0 Å². The fraction of sp³-hybridized carbons (Fsp3) is 0.286. The Morgan fingerprint density at radius 1 is 1.71 bits per heavy atom. The van der Waals surface area contributed by atoms with Crippen LogP contribution in [0.25, 0.3) is 11.2 Å². The van der Waals surface area contributed by atoms with Gasteiger partial charge < -0.3 is 10.5 Å². The number of nitrogens with one attached hydrogen (secondary N) is 1. The molecule has 0 saturated carbocycles. The molecule has 0 radical (unpaired) electrons. The number of nitrogen functional groups attached to an aromatic ring is 1. The summed E-state index contributed by atoms with van der Waals surface area (Å²) in [6.45, 7) is 0.284. The number of anilines is 1. The number of hydrogen-bond acceptors (Lipinski definition) is 5. The van der Waals surface area contributed by atoms with Gasteiger partial charge in [0.15, 0.2) is 11.2 Å². The van der Waals surface area contributed by atoms with Gasteiger partial charge in [-0.1, -0.05) is 0 Å². The molecular formula is C7H9N5O2. The number of aromatic nitrogens is 4. The monoisotopic (exact) mass is 195 g/mol. The molecule has 7 heteroatoms. The van der Waals surface area contributed by atoms with Crippen molar-refractivity contribution in [3.63, 3.8) is 0 Å². The lowest BCUT2D eigenvalue weighted by atomic mass is 10.5. The third kappa shape index (κ3) is 1.23. The molecule has 0 aliphatic carbocycles. The molecule has 2 aromatic heterocycles. The molecule has 2 rings (SSSR count). The SMILES string of the molecule is COCn1cnc2c(=O)[nH]c(N)nc21. The summed E-state index contributed by atoms with van der Waals surface area (Å²) in [4.78, 5) is 21.5. The van der Waals surface area contributed by atoms with Crippen LogP contribution in [0.15, 0.2) is 11.1 Å². The first-order valence-corrected chi connectivity index (χ1v) is 3.92. The van der Waals surface area contributed by atoms with Gasteiger partial charge in [0.2, 0.25) is 5.95 Å². The third-order valence-corrected chi connectivity index (χ3v) is 1.76. The van der Waals surface area contributed by atoms with E-state index in [4.69, 9.17) is 10.5 Å². The quantitative estimate of drug-likeness (QED) is 0.660. The first kappa shape index (κ1) is 8.70. The molecule has 0 saturated heterocycles. The second-order valence-electron chi connectivity index (χ2n) is 2.76. The maximum absolute atomic E-state index is 11.3. The van der Waals surface area contributed by atoms with Gasteiger partial charge in [-0.05, 0) is 0 Å². The average Bonchev–Trinajstić information content (AvgIpc) is 2.49. The number of nitrogens with zero attached hydrogens (tertiary/aromatic N) is 3. The summed E-state index contributed by atoms with van der Waals surface area (Å²) in [5.41, 5.74) is 5.74. The number of rotatable bonds is 2. The van der Waals surface area contributed by atoms with Gasteiger partial charge >= 0.3 is 0 Å². The van der Waals surface area contributed by atoms with Crippen LogP contribution in [-0.2, 0) is 11.5 Å². The summed E-state index contributed by atoms with van der Waals surface area (Å²) in [7, 11) is 1.54. The molecule has 74 valence electrons. The highest BCUT2D eigenvalue weighted by atomic mass is 16.5. The fourth-order valence-electron chi connectivity index (χ4n) is 1.20. The van der Waals surface area contributed by atoms with Gasteiger partial charge in [0.1, 0.15) is 6.73 Å². The summed E-state index contributed by atoms with van der Waals surface area (Å²) in [5.74, 6) is 0.0698. The largest absolute Gasteiger partial charge is 0.369 e. The topological polar surface area (TPSA) is 98.8 Å². The van der Waals surface area contributed by atoms with Crippen molar-refractivity contribution < 1.29 is 4.74 Å². The maximum atomic E-state index is 11.3. The molecule has 0 aliphatic rings. The molecule has 0 fully saturated rings. The number of nitrogens with two attached hydrogens (primary N) is 1. The highest BCUT2D eigenvalue weighted by Gasteiger charge is 2.07. The number of methoxy groups -OCH3 is 1. The van der Waals surface area contributed by atoms with Crippen LogP contribution in [0.4, 0.5) is 5.95 Å². The molecule has 3 N–H and O–H groups in total. The molecule has 0 aromatic carbocycles. The van der Waals surface area contributed by atoms with E-state index in [0.717, 1.165) is 0 Å². The van der Waals surface area contributed by atoms with E-state index in [1.165, 1.54) is 6.33 Å². The van der Waals surface area contributed by atoms with E-state index in [0.29, 0.717) is 5.65 Å². The van der Waals surface area contributed by atoms with Gasteiger partial charge in [-0.15, -0.1) is 0 Å². The fourth-order valence-corrected chi connectivity index (χ4v) is 1.20. The minimum Gasteiger partial charge on any atom is -0.369 e. The lowest BCUT2D eigenvalue weighted by molar-refractivity contribution is 0.134. The van der Waals surface area contributed by atoms with Crippen LogP contribution in [0.3, 0.4) is 0 Å². The second kappa shape index (κ2) is 3.11. The molecule has 0 amide bonds. The Hall–Kier alpha value is -1.89. The Balaban J connectivity index is 2.72. The van der Waals surface area contributed by atoms with E-state index in [1.54, 1.807) is 11.7 Å². The van der Waals surface area contributed by atoms with Crippen LogP contribution in [0.5, 0.6) is 0 Å². The van der Waals surface area contributed by atoms with E-state index < -0.39 is 0 Å². The van der Waals surface area contributed by atoms with E-state index >= 15 is 0 Å². The molecule has 0 spiro atoms. The van der Waals surface area contributed by atoms with Gasteiger partial charge in [0.05, 0.1) is 6.33 Å². The van der Waals surface area contributed by atoms with E-state index in [-0.39, 0.29) is 23.8 Å². The van der Waals surface area contributed by atoms with Crippen molar-refractivity contribution in [1.29, 1.82) is 0 Å². The van der Waals surface area contributed by atoms with Crippen LogP contribution in [0.1, 0.15) is 0 Å². The van der Waals surface area contributed by atoms with Crippen molar-refractivity contribution in [3.05, 3.63) is 16.7 Å². The predicted molar refractivity (Wildman–Crippen MR) is 49.6 cm³/mol. The minimum absolute atomic E-state index is 0.0698. The zero-order valence-corrected chi connectivity index (χ0v) is 7.52. The Morgan fingerprint density at radius 3 is 3.21 bits per heavy atom. The number of H-pyrrole nitrogens is 1. The molecule has 7 nitrogen and oxygen atoms in total. The average molecular weight is 195 g/mol. The maximum Gasteiger partial charge on any atom is 0.280 e. The lowest BCUT2D eigenvalue weighted by Crippen LogP contribution is -2.12. The van der Waals surface area contributed by atoms with Crippen molar-refractivity contribution >= 4 is 17.1 Å². The number of aromatic amines is 1. The molecule has 0 atom stereocenters. The Kier molecular flexibility index (Phi) is 1.93. The number of imidazole rings is 1. The van der Waals surface area contributed by atoms with Crippen LogP contribution in [-0.4, -0.2) is 26.6 Å². The van der Waals surface area contributed by atoms with Crippen LogP contribution >= 0.6 is 0 Å². The molecule has 2 aromatic rings. The Bertz CT molecular complexity index is 514. The predicted octanol–water partition coefficient (Wildman–Crippen LogP) is -0.694. The number of hydrogen-bond donors (Lipinski definition) is 2. The second-order valence-corrected chi connectivity index (χ2v) is 2.76. The zero-order chi connectivity index (χ0) is 10.1. The van der Waals surface area contributed by atoms with Crippen molar-refractivity contribution in [1.82, 2.24) is 19.5 Å². The van der Waals surface area contributed by atoms with Gasteiger partial charge in [-0.3, -0.25) is 14.3 Å². The molecular weight excluding hydrogens is 186 g/mol. The van der Waals surface area contributed by atoms with Crippen LogP contribution < -0.4 is 11.3 Å². The number of ether oxygens (including phenoxy) is 1. The Labute approximate surface area is 78.5 Å². The number of fused-ring (bicyclic) bond motifs is 1. The zero-order valence-electron chi connectivity index (χ0n) is 7.52. The van der Waals surface area contributed by atoms with Crippen molar-refractivity contribution in [2.24, 2.45) is 0 Å². The van der Waals surface area contributed by atoms with Gasteiger partial charge in [-0.2, -0.15) is 4.98 Å². The summed E-state index contributed by atoms with van der Waals surface area (Å²) in [6, 6.07) is 0. The molecule has 2 heterocycles. The van der Waals surface area contributed by atoms with E-state index in [2.05, 4.69) is 15.0 Å². The first-order chi connectivity index (χ1) is 6.72. The lowest BCUT2D eigenvalue weighted by Gasteiger charge is -2.00. The summed E-state index contributed by atoms with van der Waals surface area (Å²) in [6.07, 6.45) is 1.48. The van der Waals surface area contributed by atoms with E-state index in [9.17, 15) is 4.79 Å². The third-order valence-electron chi connectivity index (χ3n) is 1.76. The molecule has 0 unspecified atom stereocenters. The smallest absolute Gasteiger partial charge is 0.280 e. The van der Waals surface area contributed by atoms with Gasteiger partial charge in [-0.25, -0.2) is 4.98 Å². The van der Waals surface area contributed by atoms with Gasteiger partial charge in [0.25, 0.3) is 5.56 Å².